The second-order valence-corrected chi connectivity index (χ2v) is 4.57. The zero-order chi connectivity index (χ0) is 11.5. The van der Waals surface area contributed by atoms with Crippen molar-refractivity contribution in [1.82, 2.24) is 14.7 Å². The first-order valence-corrected chi connectivity index (χ1v) is 5.90. The average molecular weight is 221 g/mol. The molecule has 16 heavy (non-hydrogen) atoms. The fraction of sp³-hybridized carbons (Fsp3) is 0.667. The van der Waals surface area contributed by atoms with Crippen LogP contribution in [0.3, 0.4) is 0 Å². The van der Waals surface area contributed by atoms with E-state index in [0.717, 1.165) is 25.2 Å². The van der Waals surface area contributed by atoms with E-state index in [0.29, 0.717) is 0 Å². The Balaban J connectivity index is 2.03. The summed E-state index contributed by atoms with van der Waals surface area (Å²) < 4.78 is 1.81. The Hall–Kier alpha value is -1.16. The quantitative estimate of drug-likeness (QED) is 0.773. The zero-order valence-electron chi connectivity index (χ0n) is 10.0. The van der Waals surface area contributed by atoms with Crippen LogP contribution in [-0.4, -0.2) is 33.1 Å². The van der Waals surface area contributed by atoms with Crippen LogP contribution in [0.2, 0.25) is 0 Å². The van der Waals surface area contributed by atoms with E-state index < -0.39 is 0 Å². The van der Waals surface area contributed by atoms with Crippen LogP contribution in [0.1, 0.15) is 31.9 Å². The number of aromatic nitrogens is 2. The Bertz CT molecular complexity index is 372. The van der Waals surface area contributed by atoms with Gasteiger partial charge in [0.05, 0.1) is 11.7 Å². The van der Waals surface area contributed by atoms with E-state index in [1.54, 1.807) is 6.92 Å². The molecule has 1 aliphatic heterocycles. The number of aryl methyl sites for hydroxylation is 1. The number of carbonyl (C=O) groups is 1. The van der Waals surface area contributed by atoms with Gasteiger partial charge in [-0.3, -0.25) is 14.4 Å². The Morgan fingerprint density at radius 3 is 3.00 bits per heavy atom. The maximum absolute atomic E-state index is 11.5. The predicted octanol–water partition coefficient (Wildman–Crippen LogP) is 1.36. The summed E-state index contributed by atoms with van der Waals surface area (Å²) in [5.74, 6) is 0.288. The molecule has 0 amide bonds. The SMILES string of the molecule is CC(=O)C1CCCCN1Cc1ccn(C)n1. The number of ketones is 1. The number of hydrogen-bond donors (Lipinski definition) is 0. The summed E-state index contributed by atoms with van der Waals surface area (Å²) in [5, 5.41) is 4.36. The second-order valence-electron chi connectivity index (χ2n) is 4.57. The average Bonchev–Trinajstić information content (AvgIpc) is 2.64. The molecule has 4 heteroatoms. The standard InChI is InChI=1S/C12H19N3O/c1-10(16)12-5-3-4-7-15(12)9-11-6-8-14(2)13-11/h6,8,12H,3-5,7,9H2,1-2H3. The van der Waals surface area contributed by atoms with E-state index in [1.807, 2.05) is 24.0 Å². The molecular weight excluding hydrogens is 202 g/mol. The number of nitrogens with zero attached hydrogens (tertiary/aromatic N) is 3. The summed E-state index contributed by atoms with van der Waals surface area (Å²) in [7, 11) is 1.92. The van der Waals surface area contributed by atoms with Crippen LogP contribution < -0.4 is 0 Å². The number of carbonyl (C=O) groups excluding carboxylic acids is 1. The highest BCUT2D eigenvalue weighted by Crippen LogP contribution is 2.19. The van der Waals surface area contributed by atoms with Gasteiger partial charge in [-0.1, -0.05) is 6.42 Å². The number of Topliss-reactive ketones (excluding diaryl/α,β-unsaturated/α-hetero) is 1. The molecule has 0 bridgehead atoms. The molecule has 0 N–H and O–H groups in total. The van der Waals surface area contributed by atoms with Crippen molar-refractivity contribution >= 4 is 5.78 Å². The van der Waals surface area contributed by atoms with Crippen LogP contribution >= 0.6 is 0 Å². The van der Waals surface area contributed by atoms with Gasteiger partial charge in [-0.05, 0) is 32.4 Å². The molecule has 1 aromatic heterocycles. The lowest BCUT2D eigenvalue weighted by atomic mass is 9.99. The van der Waals surface area contributed by atoms with Gasteiger partial charge in [0.25, 0.3) is 0 Å². The lowest BCUT2D eigenvalue weighted by Gasteiger charge is -2.33. The van der Waals surface area contributed by atoms with Crippen molar-refractivity contribution in [3.63, 3.8) is 0 Å². The fourth-order valence-electron chi connectivity index (χ4n) is 2.40. The summed E-state index contributed by atoms with van der Waals surface area (Å²) in [5.41, 5.74) is 1.05. The highest BCUT2D eigenvalue weighted by atomic mass is 16.1. The first-order valence-electron chi connectivity index (χ1n) is 5.90. The molecule has 0 radical (unpaired) electrons. The van der Waals surface area contributed by atoms with Crippen molar-refractivity contribution in [1.29, 1.82) is 0 Å². The molecule has 2 rings (SSSR count). The summed E-state index contributed by atoms with van der Waals surface area (Å²) in [6.07, 6.45) is 5.31. The van der Waals surface area contributed by atoms with Gasteiger partial charge in [-0.2, -0.15) is 5.10 Å². The van der Waals surface area contributed by atoms with Crippen LogP contribution in [0.15, 0.2) is 12.3 Å². The Kier molecular flexibility index (Phi) is 3.39. The van der Waals surface area contributed by atoms with Crippen LogP contribution in [0, 0.1) is 0 Å². The van der Waals surface area contributed by atoms with Crippen LogP contribution in [0.5, 0.6) is 0 Å². The van der Waals surface area contributed by atoms with E-state index in [1.165, 1.54) is 12.8 Å². The first kappa shape index (κ1) is 11.3. The molecule has 1 fully saturated rings. The normalized spacial score (nSPS) is 22.2. The summed E-state index contributed by atoms with van der Waals surface area (Å²) in [4.78, 5) is 13.8. The monoisotopic (exact) mass is 221 g/mol. The number of hydrogen-bond acceptors (Lipinski definition) is 3. The summed E-state index contributed by atoms with van der Waals surface area (Å²) >= 11 is 0. The van der Waals surface area contributed by atoms with E-state index >= 15 is 0 Å². The van der Waals surface area contributed by atoms with Crippen molar-refractivity contribution in [2.45, 2.75) is 38.8 Å². The van der Waals surface area contributed by atoms with E-state index in [9.17, 15) is 4.79 Å². The highest BCUT2D eigenvalue weighted by Gasteiger charge is 2.26. The minimum absolute atomic E-state index is 0.107. The summed E-state index contributed by atoms with van der Waals surface area (Å²) in [6.45, 7) is 3.51. The largest absolute Gasteiger partial charge is 0.298 e. The molecule has 2 heterocycles. The van der Waals surface area contributed by atoms with E-state index in [4.69, 9.17) is 0 Å². The predicted molar refractivity (Wildman–Crippen MR) is 61.9 cm³/mol. The van der Waals surface area contributed by atoms with Gasteiger partial charge in [-0.15, -0.1) is 0 Å². The molecule has 1 atom stereocenters. The van der Waals surface area contributed by atoms with Gasteiger partial charge in [0.15, 0.2) is 0 Å². The lowest BCUT2D eigenvalue weighted by Crippen LogP contribution is -2.43. The van der Waals surface area contributed by atoms with Crippen LogP contribution in [0.25, 0.3) is 0 Å². The summed E-state index contributed by atoms with van der Waals surface area (Å²) in [6, 6.07) is 2.13. The molecule has 0 saturated carbocycles. The molecule has 1 aromatic rings. The van der Waals surface area contributed by atoms with Gasteiger partial charge in [0.2, 0.25) is 0 Å². The Morgan fingerprint density at radius 1 is 1.56 bits per heavy atom. The topological polar surface area (TPSA) is 38.1 Å². The van der Waals surface area contributed by atoms with E-state index in [2.05, 4.69) is 10.00 Å². The molecule has 4 nitrogen and oxygen atoms in total. The molecule has 0 aliphatic carbocycles. The minimum atomic E-state index is 0.107. The number of rotatable bonds is 3. The highest BCUT2D eigenvalue weighted by molar-refractivity contribution is 5.81. The molecule has 1 saturated heterocycles. The van der Waals surface area contributed by atoms with Gasteiger partial charge >= 0.3 is 0 Å². The molecule has 1 unspecified atom stereocenters. The third-order valence-corrected chi connectivity index (χ3v) is 3.22. The van der Waals surface area contributed by atoms with Crippen LogP contribution in [0.4, 0.5) is 0 Å². The first-order chi connectivity index (χ1) is 7.66. The molecular formula is C12H19N3O. The second kappa shape index (κ2) is 4.78. The number of likely N-dealkylation sites (tertiary alicyclic amines) is 1. The Morgan fingerprint density at radius 2 is 2.38 bits per heavy atom. The maximum atomic E-state index is 11.5. The van der Waals surface area contributed by atoms with Gasteiger partial charge in [-0.25, -0.2) is 0 Å². The zero-order valence-corrected chi connectivity index (χ0v) is 10.0. The van der Waals surface area contributed by atoms with Crippen molar-refractivity contribution in [2.24, 2.45) is 7.05 Å². The minimum Gasteiger partial charge on any atom is -0.298 e. The van der Waals surface area contributed by atoms with Crippen molar-refractivity contribution in [2.75, 3.05) is 6.54 Å². The third kappa shape index (κ3) is 2.50. The maximum Gasteiger partial charge on any atom is 0.146 e. The van der Waals surface area contributed by atoms with Crippen molar-refractivity contribution in [3.8, 4) is 0 Å². The van der Waals surface area contributed by atoms with E-state index in [-0.39, 0.29) is 11.8 Å². The van der Waals surface area contributed by atoms with Crippen molar-refractivity contribution in [3.05, 3.63) is 18.0 Å². The van der Waals surface area contributed by atoms with Gasteiger partial charge in [0, 0.05) is 19.8 Å². The van der Waals surface area contributed by atoms with Gasteiger partial charge < -0.3 is 0 Å². The Labute approximate surface area is 96.2 Å². The number of piperidine rings is 1. The van der Waals surface area contributed by atoms with Crippen LogP contribution in [-0.2, 0) is 18.4 Å². The molecule has 88 valence electrons. The molecule has 0 spiro atoms. The third-order valence-electron chi connectivity index (χ3n) is 3.22. The lowest BCUT2D eigenvalue weighted by molar-refractivity contribution is -0.123. The van der Waals surface area contributed by atoms with Crippen molar-refractivity contribution < 1.29 is 4.79 Å². The van der Waals surface area contributed by atoms with Gasteiger partial charge in [0.1, 0.15) is 5.78 Å². The smallest absolute Gasteiger partial charge is 0.146 e. The molecule has 1 aliphatic rings. The molecule has 0 aromatic carbocycles. The fourth-order valence-corrected chi connectivity index (χ4v) is 2.40.